The molecule has 2 aliphatic rings. The summed E-state index contributed by atoms with van der Waals surface area (Å²) in [6, 6.07) is 0.0590. The van der Waals surface area contributed by atoms with Crippen molar-refractivity contribution in [3.63, 3.8) is 0 Å². The van der Waals surface area contributed by atoms with Crippen LogP contribution in [0.3, 0.4) is 0 Å². The Bertz CT molecular complexity index is 245. The number of carbonyl (C=O) groups is 1. The highest BCUT2D eigenvalue weighted by Gasteiger charge is 2.30. The maximum atomic E-state index is 11.9. The van der Waals surface area contributed by atoms with E-state index in [1.807, 2.05) is 11.8 Å². The van der Waals surface area contributed by atoms with E-state index in [1.54, 1.807) is 0 Å². The standard InChI is InChI=1S/C12H22N2OS/c1-12(6-4-8-16-12)9-14-11(15)10-5-2-3-7-13-10/h10,13H,2-9H2,1H3,(H,14,15)/t10-,12?/m0/s1. The molecule has 0 aliphatic carbocycles. The van der Waals surface area contributed by atoms with Crippen molar-refractivity contribution in [1.29, 1.82) is 0 Å². The zero-order valence-electron chi connectivity index (χ0n) is 10.1. The zero-order chi connectivity index (χ0) is 11.4. The predicted octanol–water partition coefficient (Wildman–Crippen LogP) is 1.53. The lowest BCUT2D eigenvalue weighted by atomic mass is 10.0. The summed E-state index contributed by atoms with van der Waals surface area (Å²) < 4.78 is 0.282. The van der Waals surface area contributed by atoms with Crippen LogP contribution in [0, 0.1) is 0 Å². The van der Waals surface area contributed by atoms with Crippen LogP contribution in [0.1, 0.15) is 39.0 Å². The zero-order valence-corrected chi connectivity index (χ0v) is 10.9. The molecule has 4 heteroatoms. The molecule has 16 heavy (non-hydrogen) atoms. The molecule has 0 aromatic rings. The number of hydrogen-bond acceptors (Lipinski definition) is 3. The Morgan fingerprint density at radius 3 is 3.00 bits per heavy atom. The number of amides is 1. The first-order chi connectivity index (χ1) is 7.70. The molecular formula is C12H22N2OS. The first kappa shape index (κ1) is 12.2. The van der Waals surface area contributed by atoms with Gasteiger partial charge in [0.05, 0.1) is 6.04 Å². The fourth-order valence-electron chi connectivity index (χ4n) is 2.45. The van der Waals surface area contributed by atoms with Crippen LogP contribution in [0.4, 0.5) is 0 Å². The van der Waals surface area contributed by atoms with Crippen molar-refractivity contribution in [2.45, 2.75) is 49.8 Å². The van der Waals surface area contributed by atoms with Crippen molar-refractivity contribution in [3.05, 3.63) is 0 Å². The van der Waals surface area contributed by atoms with Gasteiger partial charge in [-0.05, 0) is 44.9 Å². The van der Waals surface area contributed by atoms with E-state index >= 15 is 0 Å². The Balaban J connectivity index is 1.74. The van der Waals surface area contributed by atoms with Crippen LogP contribution in [0.25, 0.3) is 0 Å². The molecule has 0 bridgehead atoms. The molecule has 2 heterocycles. The van der Waals surface area contributed by atoms with Gasteiger partial charge in [0.25, 0.3) is 0 Å². The molecule has 1 unspecified atom stereocenters. The molecule has 0 saturated carbocycles. The number of carbonyl (C=O) groups excluding carboxylic acids is 1. The molecule has 0 aromatic carbocycles. The molecular weight excluding hydrogens is 220 g/mol. The van der Waals surface area contributed by atoms with Crippen molar-refractivity contribution < 1.29 is 4.79 Å². The van der Waals surface area contributed by atoms with Crippen LogP contribution < -0.4 is 10.6 Å². The minimum Gasteiger partial charge on any atom is -0.353 e. The molecule has 2 rings (SSSR count). The quantitative estimate of drug-likeness (QED) is 0.788. The Labute approximate surface area is 102 Å². The van der Waals surface area contributed by atoms with Gasteiger partial charge in [0.2, 0.25) is 5.91 Å². The lowest BCUT2D eigenvalue weighted by molar-refractivity contribution is -0.123. The van der Waals surface area contributed by atoms with Gasteiger partial charge in [-0.1, -0.05) is 6.42 Å². The number of piperidine rings is 1. The molecule has 2 saturated heterocycles. The SMILES string of the molecule is CC1(CNC(=O)[C@@H]2CCCCN2)CCCS1. The van der Waals surface area contributed by atoms with Gasteiger partial charge in [0.1, 0.15) is 0 Å². The second kappa shape index (κ2) is 5.41. The summed E-state index contributed by atoms with van der Waals surface area (Å²) in [7, 11) is 0. The van der Waals surface area contributed by atoms with Crippen molar-refractivity contribution in [1.82, 2.24) is 10.6 Å². The second-order valence-electron chi connectivity index (χ2n) is 5.12. The van der Waals surface area contributed by atoms with E-state index in [9.17, 15) is 4.79 Å². The van der Waals surface area contributed by atoms with Gasteiger partial charge in [-0.25, -0.2) is 0 Å². The smallest absolute Gasteiger partial charge is 0.237 e. The molecule has 0 aromatic heterocycles. The van der Waals surface area contributed by atoms with Crippen LogP contribution in [0.5, 0.6) is 0 Å². The second-order valence-corrected chi connectivity index (χ2v) is 6.80. The summed E-state index contributed by atoms with van der Waals surface area (Å²) in [5.41, 5.74) is 0. The number of thioether (sulfide) groups is 1. The Kier molecular flexibility index (Phi) is 4.14. The first-order valence-corrected chi connectivity index (χ1v) is 7.33. The molecule has 2 fully saturated rings. The lowest BCUT2D eigenvalue weighted by Gasteiger charge is -2.27. The van der Waals surface area contributed by atoms with Crippen LogP contribution in [-0.2, 0) is 4.79 Å². The Hall–Kier alpha value is -0.220. The van der Waals surface area contributed by atoms with Gasteiger partial charge in [-0.3, -0.25) is 4.79 Å². The van der Waals surface area contributed by atoms with Gasteiger partial charge in [0, 0.05) is 11.3 Å². The van der Waals surface area contributed by atoms with Gasteiger partial charge >= 0.3 is 0 Å². The molecule has 92 valence electrons. The topological polar surface area (TPSA) is 41.1 Å². The monoisotopic (exact) mass is 242 g/mol. The Morgan fingerprint density at radius 2 is 2.38 bits per heavy atom. The molecule has 1 amide bonds. The highest BCUT2D eigenvalue weighted by molar-refractivity contribution is 8.00. The van der Waals surface area contributed by atoms with Crippen molar-refractivity contribution in [2.24, 2.45) is 0 Å². The number of hydrogen-bond donors (Lipinski definition) is 2. The van der Waals surface area contributed by atoms with E-state index in [0.717, 1.165) is 19.5 Å². The predicted molar refractivity (Wildman–Crippen MR) is 68.7 cm³/mol. The summed E-state index contributed by atoms with van der Waals surface area (Å²) in [5.74, 6) is 1.45. The Morgan fingerprint density at radius 1 is 1.50 bits per heavy atom. The lowest BCUT2D eigenvalue weighted by Crippen LogP contribution is -2.49. The van der Waals surface area contributed by atoms with Gasteiger partial charge in [-0.2, -0.15) is 11.8 Å². The summed E-state index contributed by atoms with van der Waals surface area (Å²) in [6.07, 6.45) is 5.90. The van der Waals surface area contributed by atoms with Crippen molar-refractivity contribution >= 4 is 17.7 Å². The fourth-order valence-corrected chi connectivity index (χ4v) is 3.69. The van der Waals surface area contributed by atoms with Crippen LogP contribution >= 0.6 is 11.8 Å². The van der Waals surface area contributed by atoms with Crippen LogP contribution in [-0.4, -0.2) is 35.5 Å². The summed E-state index contributed by atoms with van der Waals surface area (Å²) in [5, 5.41) is 6.40. The third-order valence-corrected chi connectivity index (χ3v) is 5.10. The fraction of sp³-hybridized carbons (Fsp3) is 0.917. The van der Waals surface area contributed by atoms with Gasteiger partial charge in [0.15, 0.2) is 0 Å². The summed E-state index contributed by atoms with van der Waals surface area (Å²) >= 11 is 2.00. The first-order valence-electron chi connectivity index (χ1n) is 6.35. The number of rotatable bonds is 3. The van der Waals surface area contributed by atoms with E-state index in [1.165, 1.54) is 31.4 Å². The molecule has 0 spiro atoms. The van der Waals surface area contributed by atoms with E-state index in [0.29, 0.717) is 0 Å². The summed E-state index contributed by atoms with van der Waals surface area (Å²) in [6.45, 7) is 4.08. The van der Waals surface area contributed by atoms with E-state index in [2.05, 4.69) is 17.6 Å². The third kappa shape index (κ3) is 3.14. The normalized spacial score (nSPS) is 34.9. The highest BCUT2D eigenvalue weighted by atomic mass is 32.2. The van der Waals surface area contributed by atoms with Gasteiger partial charge in [-0.15, -0.1) is 0 Å². The number of nitrogens with one attached hydrogen (secondary N) is 2. The van der Waals surface area contributed by atoms with E-state index in [4.69, 9.17) is 0 Å². The highest BCUT2D eigenvalue weighted by Crippen LogP contribution is 2.36. The minimum atomic E-state index is 0.0590. The van der Waals surface area contributed by atoms with Gasteiger partial charge < -0.3 is 10.6 Å². The van der Waals surface area contributed by atoms with Crippen molar-refractivity contribution in [2.75, 3.05) is 18.8 Å². The average molecular weight is 242 g/mol. The molecule has 2 aliphatic heterocycles. The maximum absolute atomic E-state index is 11.9. The van der Waals surface area contributed by atoms with Crippen LogP contribution in [0.15, 0.2) is 0 Å². The molecule has 3 nitrogen and oxygen atoms in total. The van der Waals surface area contributed by atoms with Crippen LogP contribution in [0.2, 0.25) is 0 Å². The molecule has 2 N–H and O–H groups in total. The minimum absolute atomic E-state index is 0.0590. The molecule has 2 atom stereocenters. The average Bonchev–Trinajstić information content (AvgIpc) is 2.75. The molecule has 0 radical (unpaired) electrons. The van der Waals surface area contributed by atoms with Crippen molar-refractivity contribution in [3.8, 4) is 0 Å². The third-order valence-electron chi connectivity index (χ3n) is 3.56. The van der Waals surface area contributed by atoms with E-state index in [-0.39, 0.29) is 16.7 Å². The maximum Gasteiger partial charge on any atom is 0.237 e. The van der Waals surface area contributed by atoms with E-state index < -0.39 is 0 Å². The largest absolute Gasteiger partial charge is 0.353 e. The summed E-state index contributed by atoms with van der Waals surface area (Å²) in [4.78, 5) is 11.9.